The maximum atomic E-state index is 12.1. The fraction of sp³-hybridized carbons (Fsp3) is 0.810. The van der Waals surface area contributed by atoms with Gasteiger partial charge >= 0.3 is 0 Å². The minimum Gasteiger partial charge on any atom is -0.376 e. The lowest BCUT2D eigenvalue weighted by Crippen LogP contribution is -2.35. The molecule has 3 heterocycles. The Morgan fingerprint density at radius 1 is 1.33 bits per heavy atom. The molecule has 6 heteroatoms. The van der Waals surface area contributed by atoms with Gasteiger partial charge in [0.15, 0.2) is 0 Å². The van der Waals surface area contributed by atoms with Crippen molar-refractivity contribution in [3.05, 3.63) is 17.5 Å². The molecule has 0 unspecified atom stereocenters. The number of aryl methyl sites for hydroxylation is 2. The Kier molecular flexibility index (Phi) is 7.70. The highest BCUT2D eigenvalue weighted by molar-refractivity contribution is 5.75. The summed E-state index contributed by atoms with van der Waals surface area (Å²) in [4.78, 5) is 14.6. The van der Waals surface area contributed by atoms with Gasteiger partial charge in [0, 0.05) is 44.4 Å². The molecule has 1 aromatic rings. The zero-order valence-corrected chi connectivity index (χ0v) is 17.1. The molecule has 0 radical (unpaired) electrons. The quantitative estimate of drug-likeness (QED) is 0.720. The maximum Gasteiger partial charge on any atom is 0.220 e. The number of carbonyl (C=O) groups is 1. The standard InChI is InChI=1S/C21H36N4O2/c1-3-10-25-16-19(17(2)23-25)15-24-11-8-18(9-12-24)6-7-21(26)22-14-20-5-4-13-27-20/h16,18,20H,3-15H2,1-2H3,(H,22,26)/t20-/m0/s1. The summed E-state index contributed by atoms with van der Waals surface area (Å²) in [6, 6.07) is 0. The van der Waals surface area contributed by atoms with E-state index < -0.39 is 0 Å². The zero-order chi connectivity index (χ0) is 19.1. The number of hydrogen-bond acceptors (Lipinski definition) is 4. The number of nitrogens with zero attached hydrogens (tertiary/aromatic N) is 3. The predicted octanol–water partition coefficient (Wildman–Crippen LogP) is 2.89. The van der Waals surface area contributed by atoms with Crippen LogP contribution in [0.1, 0.15) is 63.1 Å². The molecule has 2 aliphatic heterocycles. The molecule has 1 aromatic heterocycles. The summed E-state index contributed by atoms with van der Waals surface area (Å²) < 4.78 is 7.63. The van der Waals surface area contributed by atoms with Gasteiger partial charge in [-0.05, 0) is 64.5 Å². The van der Waals surface area contributed by atoms with Crippen molar-refractivity contribution in [2.45, 2.75) is 78.0 Å². The number of carbonyl (C=O) groups excluding carboxylic acids is 1. The van der Waals surface area contributed by atoms with E-state index in [2.05, 4.69) is 40.0 Å². The van der Waals surface area contributed by atoms with Gasteiger partial charge in [-0.25, -0.2) is 0 Å². The number of piperidine rings is 1. The Labute approximate surface area is 163 Å². The second-order valence-electron chi connectivity index (χ2n) is 8.20. The average Bonchev–Trinajstić information content (AvgIpc) is 3.30. The van der Waals surface area contributed by atoms with Crippen LogP contribution in [0.25, 0.3) is 0 Å². The van der Waals surface area contributed by atoms with Gasteiger partial charge in [0.2, 0.25) is 5.91 Å². The average molecular weight is 377 g/mol. The smallest absolute Gasteiger partial charge is 0.220 e. The summed E-state index contributed by atoms with van der Waals surface area (Å²) in [6.07, 6.45) is 9.83. The van der Waals surface area contributed by atoms with Gasteiger partial charge in [0.05, 0.1) is 11.8 Å². The number of nitrogens with one attached hydrogen (secondary N) is 1. The van der Waals surface area contributed by atoms with Crippen LogP contribution in [0.4, 0.5) is 0 Å². The molecule has 27 heavy (non-hydrogen) atoms. The number of hydrogen-bond donors (Lipinski definition) is 1. The van der Waals surface area contributed by atoms with Crippen LogP contribution in [0.3, 0.4) is 0 Å². The molecule has 152 valence electrons. The Hall–Kier alpha value is -1.40. The van der Waals surface area contributed by atoms with Gasteiger partial charge in [-0.2, -0.15) is 5.10 Å². The molecule has 2 fully saturated rings. The lowest BCUT2D eigenvalue weighted by molar-refractivity contribution is -0.122. The van der Waals surface area contributed by atoms with Crippen LogP contribution in [0, 0.1) is 12.8 Å². The molecular formula is C21H36N4O2. The first-order chi connectivity index (χ1) is 13.1. The third-order valence-corrected chi connectivity index (χ3v) is 5.93. The Morgan fingerprint density at radius 2 is 2.15 bits per heavy atom. The summed E-state index contributed by atoms with van der Waals surface area (Å²) in [5.74, 6) is 0.866. The van der Waals surface area contributed by atoms with Crippen LogP contribution < -0.4 is 5.32 Å². The van der Waals surface area contributed by atoms with E-state index in [9.17, 15) is 4.79 Å². The first kappa shape index (κ1) is 20.3. The lowest BCUT2D eigenvalue weighted by Gasteiger charge is -2.31. The van der Waals surface area contributed by atoms with Crippen molar-refractivity contribution in [2.24, 2.45) is 5.92 Å². The van der Waals surface area contributed by atoms with Crippen molar-refractivity contribution in [2.75, 3.05) is 26.2 Å². The van der Waals surface area contributed by atoms with Crippen LogP contribution in [0.15, 0.2) is 6.20 Å². The summed E-state index contributed by atoms with van der Waals surface area (Å²) in [5, 5.41) is 7.65. The van der Waals surface area contributed by atoms with E-state index >= 15 is 0 Å². The summed E-state index contributed by atoms with van der Waals surface area (Å²) in [6.45, 7) is 10.1. The first-order valence-electron chi connectivity index (χ1n) is 10.8. The highest BCUT2D eigenvalue weighted by atomic mass is 16.5. The molecule has 1 atom stereocenters. The summed E-state index contributed by atoms with van der Waals surface area (Å²) in [7, 11) is 0. The van der Waals surface area contributed by atoms with E-state index in [0.717, 1.165) is 64.2 Å². The molecule has 2 aliphatic rings. The summed E-state index contributed by atoms with van der Waals surface area (Å²) >= 11 is 0. The highest BCUT2D eigenvalue weighted by Gasteiger charge is 2.21. The van der Waals surface area contributed by atoms with Crippen LogP contribution in [0.5, 0.6) is 0 Å². The molecule has 0 bridgehead atoms. The molecule has 0 aromatic carbocycles. The van der Waals surface area contributed by atoms with E-state index in [1.54, 1.807) is 0 Å². The molecule has 3 rings (SSSR count). The second kappa shape index (κ2) is 10.2. The zero-order valence-electron chi connectivity index (χ0n) is 17.1. The SMILES string of the molecule is CCCn1cc(CN2CCC(CCC(=O)NC[C@@H]3CCCO3)CC2)c(C)n1. The molecule has 0 aliphatic carbocycles. The van der Waals surface area contributed by atoms with Crippen LogP contribution in [-0.2, 0) is 22.6 Å². The van der Waals surface area contributed by atoms with Crippen LogP contribution >= 0.6 is 0 Å². The van der Waals surface area contributed by atoms with Crippen molar-refractivity contribution >= 4 is 5.91 Å². The van der Waals surface area contributed by atoms with Crippen molar-refractivity contribution < 1.29 is 9.53 Å². The van der Waals surface area contributed by atoms with Crippen molar-refractivity contribution in [1.29, 1.82) is 0 Å². The van der Waals surface area contributed by atoms with Gasteiger partial charge in [0.1, 0.15) is 0 Å². The van der Waals surface area contributed by atoms with Gasteiger partial charge < -0.3 is 10.1 Å². The van der Waals surface area contributed by atoms with Gasteiger partial charge in [-0.3, -0.25) is 14.4 Å². The minimum absolute atomic E-state index is 0.187. The third-order valence-electron chi connectivity index (χ3n) is 5.93. The van der Waals surface area contributed by atoms with E-state index in [-0.39, 0.29) is 12.0 Å². The molecule has 6 nitrogen and oxygen atoms in total. The van der Waals surface area contributed by atoms with Crippen molar-refractivity contribution in [1.82, 2.24) is 20.0 Å². The van der Waals surface area contributed by atoms with Gasteiger partial charge in [-0.15, -0.1) is 0 Å². The monoisotopic (exact) mass is 376 g/mol. The predicted molar refractivity (Wildman–Crippen MR) is 106 cm³/mol. The maximum absolute atomic E-state index is 12.1. The topological polar surface area (TPSA) is 59.4 Å². The van der Waals surface area contributed by atoms with Gasteiger partial charge in [0.25, 0.3) is 0 Å². The van der Waals surface area contributed by atoms with Crippen molar-refractivity contribution in [3.8, 4) is 0 Å². The van der Waals surface area contributed by atoms with E-state index in [4.69, 9.17) is 4.74 Å². The number of ether oxygens (including phenoxy) is 1. The molecule has 0 spiro atoms. The number of rotatable bonds is 9. The third kappa shape index (κ3) is 6.32. The normalized spacial score (nSPS) is 21.6. The van der Waals surface area contributed by atoms with E-state index in [1.807, 2.05) is 0 Å². The molecule has 2 saturated heterocycles. The van der Waals surface area contributed by atoms with E-state index in [1.165, 1.54) is 18.4 Å². The van der Waals surface area contributed by atoms with Crippen molar-refractivity contribution in [3.63, 3.8) is 0 Å². The fourth-order valence-corrected chi connectivity index (χ4v) is 4.19. The Bertz CT molecular complexity index is 587. The number of amides is 1. The molecular weight excluding hydrogens is 340 g/mol. The van der Waals surface area contributed by atoms with Crippen LogP contribution in [0.2, 0.25) is 0 Å². The Balaban J connectivity index is 1.32. The number of aromatic nitrogens is 2. The fourth-order valence-electron chi connectivity index (χ4n) is 4.19. The highest BCUT2D eigenvalue weighted by Crippen LogP contribution is 2.23. The second-order valence-corrected chi connectivity index (χ2v) is 8.20. The minimum atomic E-state index is 0.187. The lowest BCUT2D eigenvalue weighted by atomic mass is 9.92. The number of likely N-dealkylation sites (tertiary alicyclic amines) is 1. The van der Waals surface area contributed by atoms with Gasteiger partial charge in [-0.1, -0.05) is 6.92 Å². The largest absolute Gasteiger partial charge is 0.376 e. The Morgan fingerprint density at radius 3 is 2.85 bits per heavy atom. The van der Waals surface area contributed by atoms with Crippen LogP contribution in [-0.4, -0.2) is 52.9 Å². The summed E-state index contributed by atoms with van der Waals surface area (Å²) in [5.41, 5.74) is 2.52. The molecule has 1 N–H and O–H groups in total. The first-order valence-corrected chi connectivity index (χ1v) is 10.8. The molecule has 0 saturated carbocycles. The molecule has 1 amide bonds. The van der Waals surface area contributed by atoms with E-state index in [0.29, 0.717) is 18.9 Å².